The van der Waals surface area contributed by atoms with Crippen LogP contribution in [0.4, 0.5) is 28.8 Å². The number of hydrogen-bond donors (Lipinski definition) is 1. The number of hydrogen-bond acceptors (Lipinski definition) is 8. The van der Waals surface area contributed by atoms with Gasteiger partial charge in [-0.3, -0.25) is 10.1 Å². The fraction of sp³-hybridized carbons (Fsp3) is 0.188. The Balaban J connectivity index is 2.07. The van der Waals surface area contributed by atoms with Crippen molar-refractivity contribution in [1.29, 1.82) is 0 Å². The third-order valence-electron chi connectivity index (χ3n) is 3.50. The summed E-state index contributed by atoms with van der Waals surface area (Å²) in [6, 6.07) is 11.0. The third-order valence-corrected chi connectivity index (χ3v) is 3.50. The van der Waals surface area contributed by atoms with Crippen LogP contribution < -0.4 is 10.2 Å². The number of nitrogens with one attached hydrogen (secondary N) is 1. The highest BCUT2D eigenvalue weighted by atomic mass is 16.6. The first kappa shape index (κ1) is 16.4. The summed E-state index contributed by atoms with van der Waals surface area (Å²) in [6.45, 7) is 4.13. The monoisotopic (exact) mass is 340 g/mol. The minimum Gasteiger partial charge on any atom is -0.360 e. The van der Waals surface area contributed by atoms with Crippen LogP contribution in [0.15, 0.2) is 47.2 Å². The molecule has 0 spiro atoms. The van der Waals surface area contributed by atoms with Gasteiger partial charge in [0.05, 0.1) is 4.92 Å². The summed E-state index contributed by atoms with van der Waals surface area (Å²) in [7, 11) is 0. The lowest BCUT2D eigenvalue weighted by molar-refractivity contribution is -0.383. The zero-order valence-electron chi connectivity index (χ0n) is 13.7. The average Bonchev–Trinajstić information content (AvgIpc) is 3.01. The molecule has 0 bridgehead atoms. The van der Waals surface area contributed by atoms with Crippen LogP contribution in [0.2, 0.25) is 0 Å². The molecule has 128 valence electrons. The third kappa shape index (κ3) is 3.39. The molecule has 9 nitrogen and oxygen atoms in total. The largest absolute Gasteiger partial charge is 0.360 e. The fourth-order valence-electron chi connectivity index (χ4n) is 2.44. The number of aryl methyl sites for hydroxylation is 1. The molecule has 9 heteroatoms. The molecule has 0 atom stereocenters. The molecule has 2 aromatic heterocycles. The highest BCUT2D eigenvalue weighted by Gasteiger charge is 2.27. The Bertz CT molecular complexity index is 881. The van der Waals surface area contributed by atoms with Gasteiger partial charge >= 0.3 is 5.69 Å². The van der Waals surface area contributed by atoms with Crippen molar-refractivity contribution in [3.63, 3.8) is 0 Å². The smallest absolute Gasteiger partial charge is 0.354 e. The summed E-state index contributed by atoms with van der Waals surface area (Å²) < 4.78 is 4.97. The maximum absolute atomic E-state index is 11.7. The second-order valence-electron chi connectivity index (χ2n) is 5.18. The number of benzene rings is 1. The van der Waals surface area contributed by atoms with Gasteiger partial charge in [0.25, 0.3) is 0 Å². The molecule has 0 radical (unpaired) electrons. The van der Waals surface area contributed by atoms with Gasteiger partial charge in [0.15, 0.2) is 5.82 Å². The Morgan fingerprint density at radius 1 is 1.28 bits per heavy atom. The van der Waals surface area contributed by atoms with Gasteiger partial charge in [-0.2, -0.15) is 0 Å². The molecule has 0 unspecified atom stereocenters. The van der Waals surface area contributed by atoms with Crippen molar-refractivity contribution in [3.05, 3.63) is 58.6 Å². The second kappa shape index (κ2) is 6.95. The molecule has 25 heavy (non-hydrogen) atoms. The Hall–Kier alpha value is -3.49. The maximum Gasteiger partial charge on any atom is 0.354 e. The van der Waals surface area contributed by atoms with Crippen molar-refractivity contribution in [3.8, 4) is 0 Å². The zero-order chi connectivity index (χ0) is 17.8. The Kier molecular flexibility index (Phi) is 4.55. The normalized spacial score (nSPS) is 10.5. The van der Waals surface area contributed by atoms with E-state index in [2.05, 4.69) is 20.4 Å². The summed E-state index contributed by atoms with van der Waals surface area (Å²) in [6.07, 6.45) is 1.28. The number of anilines is 4. The van der Waals surface area contributed by atoms with Crippen molar-refractivity contribution < 1.29 is 9.45 Å². The molecule has 3 rings (SSSR count). The molecule has 2 heterocycles. The first-order chi connectivity index (χ1) is 12.1. The van der Waals surface area contributed by atoms with E-state index in [1.54, 1.807) is 17.9 Å². The predicted molar refractivity (Wildman–Crippen MR) is 92.3 cm³/mol. The van der Waals surface area contributed by atoms with E-state index in [0.29, 0.717) is 18.1 Å². The van der Waals surface area contributed by atoms with E-state index in [1.807, 2.05) is 37.3 Å². The van der Waals surface area contributed by atoms with Crippen LogP contribution in [0.3, 0.4) is 0 Å². The van der Waals surface area contributed by atoms with Crippen LogP contribution in [-0.4, -0.2) is 26.6 Å². The second-order valence-corrected chi connectivity index (χ2v) is 5.18. The van der Waals surface area contributed by atoms with E-state index in [-0.39, 0.29) is 17.3 Å². The van der Waals surface area contributed by atoms with Crippen LogP contribution in [0.1, 0.15) is 12.7 Å². The molecule has 0 aliphatic rings. The molecule has 1 aromatic carbocycles. The van der Waals surface area contributed by atoms with Gasteiger partial charge in [0.1, 0.15) is 12.1 Å². The lowest BCUT2D eigenvalue weighted by Gasteiger charge is -2.22. The Morgan fingerprint density at radius 2 is 2.04 bits per heavy atom. The number of rotatable bonds is 6. The average molecular weight is 340 g/mol. The van der Waals surface area contributed by atoms with Gasteiger partial charge < -0.3 is 14.7 Å². The molecule has 0 amide bonds. The van der Waals surface area contributed by atoms with Gasteiger partial charge in [-0.15, -0.1) is 0 Å². The van der Waals surface area contributed by atoms with Crippen LogP contribution in [0.25, 0.3) is 0 Å². The van der Waals surface area contributed by atoms with Gasteiger partial charge in [0.2, 0.25) is 11.6 Å². The molecule has 0 aliphatic heterocycles. The van der Waals surface area contributed by atoms with Crippen molar-refractivity contribution in [2.45, 2.75) is 13.8 Å². The standard InChI is InChI=1S/C16H16N6O3/c1-3-21(12-7-5-4-6-8-12)16-14(22(23)24)15(17-10-18-16)19-13-9-11(2)25-20-13/h4-10H,3H2,1-2H3,(H,17,18,19,20). The van der Waals surface area contributed by atoms with Crippen molar-refractivity contribution in [2.24, 2.45) is 0 Å². The van der Waals surface area contributed by atoms with Crippen molar-refractivity contribution >= 4 is 28.8 Å². The number of nitro groups is 1. The molecule has 1 N–H and O–H groups in total. The van der Waals surface area contributed by atoms with E-state index in [4.69, 9.17) is 4.52 Å². The summed E-state index contributed by atoms with van der Waals surface area (Å²) in [5.74, 6) is 1.18. The topological polar surface area (TPSA) is 110 Å². The van der Waals surface area contributed by atoms with E-state index < -0.39 is 4.92 Å². The molecule has 3 aromatic rings. The van der Waals surface area contributed by atoms with Gasteiger partial charge in [-0.05, 0) is 26.0 Å². The quantitative estimate of drug-likeness (QED) is 0.535. The molecular weight excluding hydrogens is 324 g/mol. The number of para-hydroxylation sites is 1. The van der Waals surface area contributed by atoms with E-state index in [0.717, 1.165) is 5.69 Å². The molecule has 0 aliphatic carbocycles. The lowest BCUT2D eigenvalue weighted by atomic mass is 10.2. The Morgan fingerprint density at radius 3 is 2.64 bits per heavy atom. The first-order valence-electron chi connectivity index (χ1n) is 7.62. The Labute approximate surface area is 143 Å². The molecule has 0 fully saturated rings. The van der Waals surface area contributed by atoms with Crippen molar-refractivity contribution in [2.75, 3.05) is 16.8 Å². The first-order valence-corrected chi connectivity index (χ1v) is 7.62. The molecule has 0 saturated heterocycles. The van der Waals surface area contributed by atoms with Crippen LogP contribution in [0, 0.1) is 17.0 Å². The van der Waals surface area contributed by atoms with Crippen molar-refractivity contribution in [1.82, 2.24) is 15.1 Å². The lowest BCUT2D eigenvalue weighted by Crippen LogP contribution is -2.19. The minimum absolute atomic E-state index is 0.0534. The fourth-order valence-corrected chi connectivity index (χ4v) is 2.44. The predicted octanol–water partition coefficient (Wildman–Crippen LogP) is 3.58. The van der Waals surface area contributed by atoms with Gasteiger partial charge in [-0.1, -0.05) is 23.4 Å². The number of nitrogens with zero attached hydrogens (tertiary/aromatic N) is 5. The summed E-state index contributed by atoms with van der Waals surface area (Å²) in [5.41, 5.74) is 0.573. The maximum atomic E-state index is 11.7. The van der Waals surface area contributed by atoms with Crippen LogP contribution >= 0.6 is 0 Å². The van der Waals surface area contributed by atoms with E-state index >= 15 is 0 Å². The van der Waals surface area contributed by atoms with E-state index in [9.17, 15) is 10.1 Å². The molecular formula is C16H16N6O3. The SMILES string of the molecule is CCN(c1ccccc1)c1ncnc(Nc2cc(C)on2)c1[N+](=O)[O-]. The minimum atomic E-state index is -0.504. The van der Waals surface area contributed by atoms with Gasteiger partial charge in [0, 0.05) is 18.3 Å². The zero-order valence-corrected chi connectivity index (χ0v) is 13.7. The highest BCUT2D eigenvalue weighted by molar-refractivity contribution is 5.77. The molecule has 0 saturated carbocycles. The van der Waals surface area contributed by atoms with E-state index in [1.165, 1.54) is 6.33 Å². The van der Waals surface area contributed by atoms with Crippen LogP contribution in [0.5, 0.6) is 0 Å². The highest BCUT2D eigenvalue weighted by Crippen LogP contribution is 2.36. The van der Waals surface area contributed by atoms with Crippen LogP contribution in [-0.2, 0) is 0 Å². The van der Waals surface area contributed by atoms with Gasteiger partial charge in [-0.25, -0.2) is 9.97 Å². The summed E-state index contributed by atoms with van der Waals surface area (Å²) >= 11 is 0. The summed E-state index contributed by atoms with van der Waals surface area (Å²) in [5, 5.41) is 18.3. The summed E-state index contributed by atoms with van der Waals surface area (Å²) in [4.78, 5) is 21.1. The number of aromatic nitrogens is 3.